The second-order valence-electron chi connectivity index (χ2n) is 2.35. The number of aliphatic hydroxyl groups excluding tert-OH is 1. The topological polar surface area (TPSA) is 53.1 Å². The number of nitrogens with one attached hydrogen (secondary N) is 1. The number of rotatable bonds is 0. The minimum atomic E-state index is -0.168. The second-order valence-corrected chi connectivity index (χ2v) is 2.35. The van der Waals surface area contributed by atoms with Crippen LogP contribution in [0.5, 0.6) is 0 Å². The van der Waals surface area contributed by atoms with Crippen molar-refractivity contribution in [3.8, 4) is 11.8 Å². The van der Waals surface area contributed by atoms with E-state index >= 15 is 0 Å². The van der Waals surface area contributed by atoms with Gasteiger partial charge in [-0.05, 0) is 12.5 Å². The van der Waals surface area contributed by atoms with Crippen LogP contribution in [0.25, 0.3) is 0 Å². The third-order valence-corrected chi connectivity index (χ3v) is 1.43. The molecule has 3 nitrogen and oxygen atoms in total. The number of aryl methyl sites for hydroxylation is 1. The van der Waals surface area contributed by atoms with Gasteiger partial charge >= 0.3 is 0 Å². The van der Waals surface area contributed by atoms with Gasteiger partial charge in [0.15, 0.2) is 0 Å². The lowest BCUT2D eigenvalue weighted by Gasteiger charge is -1.93. The molecule has 0 aromatic carbocycles. The van der Waals surface area contributed by atoms with Crippen molar-refractivity contribution in [1.29, 1.82) is 0 Å². The van der Waals surface area contributed by atoms with Gasteiger partial charge in [-0.1, -0.05) is 11.8 Å². The Kier molecular flexibility index (Phi) is 2.67. The van der Waals surface area contributed by atoms with Crippen molar-refractivity contribution in [3.63, 3.8) is 0 Å². The Morgan fingerprint density at radius 1 is 1.67 bits per heavy atom. The summed E-state index contributed by atoms with van der Waals surface area (Å²) in [5.74, 6) is 5.23. The van der Waals surface area contributed by atoms with Crippen LogP contribution in [-0.4, -0.2) is 16.7 Å². The molecule has 1 rings (SSSR count). The van der Waals surface area contributed by atoms with Gasteiger partial charge < -0.3 is 10.1 Å². The fourth-order valence-electron chi connectivity index (χ4n) is 0.843. The van der Waals surface area contributed by atoms with E-state index in [4.69, 9.17) is 5.11 Å². The lowest BCUT2D eigenvalue weighted by Crippen LogP contribution is -2.04. The molecule has 62 valence electrons. The first-order valence-electron chi connectivity index (χ1n) is 3.53. The van der Waals surface area contributed by atoms with Gasteiger partial charge in [-0.15, -0.1) is 0 Å². The number of H-pyrrole nitrogens is 1. The number of aromatic nitrogens is 1. The summed E-state index contributed by atoms with van der Waals surface area (Å²) in [5.41, 5.74) is 1.42. The first-order valence-corrected chi connectivity index (χ1v) is 3.53. The van der Waals surface area contributed by atoms with Crippen LogP contribution in [0.15, 0.2) is 17.1 Å². The Balaban J connectivity index is 3.10. The van der Waals surface area contributed by atoms with E-state index in [0.717, 1.165) is 11.1 Å². The molecule has 0 aliphatic carbocycles. The van der Waals surface area contributed by atoms with Crippen LogP contribution in [0.4, 0.5) is 0 Å². The molecule has 2 N–H and O–H groups in total. The van der Waals surface area contributed by atoms with Gasteiger partial charge in [0, 0.05) is 17.8 Å². The van der Waals surface area contributed by atoms with Gasteiger partial charge in [0.2, 0.25) is 5.56 Å². The van der Waals surface area contributed by atoms with Gasteiger partial charge in [0.1, 0.15) is 6.61 Å². The average Bonchev–Trinajstić information content (AvgIpc) is 2.03. The molecule has 0 amide bonds. The molecular weight excluding hydrogens is 154 g/mol. The van der Waals surface area contributed by atoms with Crippen molar-refractivity contribution in [2.45, 2.75) is 6.92 Å². The number of aromatic amines is 1. The summed E-state index contributed by atoms with van der Waals surface area (Å²) in [5, 5.41) is 8.43. The summed E-state index contributed by atoms with van der Waals surface area (Å²) in [6.45, 7) is 1.63. The first kappa shape index (κ1) is 8.57. The van der Waals surface area contributed by atoms with Crippen LogP contribution >= 0.6 is 0 Å². The maximum absolute atomic E-state index is 10.8. The van der Waals surface area contributed by atoms with E-state index in [0.29, 0.717) is 0 Å². The Morgan fingerprint density at radius 3 is 3.00 bits per heavy atom. The van der Waals surface area contributed by atoms with Crippen LogP contribution in [0.3, 0.4) is 0 Å². The van der Waals surface area contributed by atoms with Crippen LogP contribution in [-0.2, 0) is 0 Å². The van der Waals surface area contributed by atoms with Gasteiger partial charge in [0.25, 0.3) is 0 Å². The van der Waals surface area contributed by atoms with Crippen molar-refractivity contribution < 1.29 is 5.11 Å². The molecule has 0 bridgehead atoms. The van der Waals surface area contributed by atoms with Crippen LogP contribution in [0.1, 0.15) is 11.1 Å². The predicted octanol–water partition coefficient (Wildman–Crippen LogP) is 0.0271. The highest BCUT2D eigenvalue weighted by Gasteiger charge is 1.93. The van der Waals surface area contributed by atoms with Crippen molar-refractivity contribution in [1.82, 2.24) is 4.98 Å². The van der Waals surface area contributed by atoms with Crippen molar-refractivity contribution in [3.05, 3.63) is 33.7 Å². The normalized spacial score (nSPS) is 8.83. The van der Waals surface area contributed by atoms with Crippen molar-refractivity contribution >= 4 is 0 Å². The third-order valence-electron chi connectivity index (χ3n) is 1.43. The van der Waals surface area contributed by atoms with Gasteiger partial charge in [-0.25, -0.2) is 0 Å². The molecule has 0 unspecified atom stereocenters. The summed E-state index contributed by atoms with van der Waals surface area (Å²) in [7, 11) is 0. The number of hydrogen-bond acceptors (Lipinski definition) is 2. The summed E-state index contributed by atoms with van der Waals surface area (Å²) in [6, 6.07) is 1.47. The standard InChI is InChI=1S/C9H9NO2/c1-7-5-9(12)10-6-8(7)3-2-4-11/h5-6,11H,4H2,1H3,(H,10,12). The Labute approximate surface area is 70.1 Å². The highest BCUT2D eigenvalue weighted by atomic mass is 16.2. The van der Waals surface area contributed by atoms with Crippen molar-refractivity contribution in [2.24, 2.45) is 0 Å². The molecule has 0 saturated heterocycles. The van der Waals surface area contributed by atoms with E-state index < -0.39 is 0 Å². The lowest BCUT2D eigenvalue weighted by molar-refractivity contribution is 0.350. The molecule has 1 heterocycles. The highest BCUT2D eigenvalue weighted by molar-refractivity contribution is 5.38. The molecule has 1 aromatic rings. The minimum Gasteiger partial charge on any atom is -0.384 e. The smallest absolute Gasteiger partial charge is 0.248 e. The summed E-state index contributed by atoms with van der Waals surface area (Å²) in [4.78, 5) is 13.3. The van der Waals surface area contributed by atoms with Gasteiger partial charge in [-0.2, -0.15) is 0 Å². The maximum Gasteiger partial charge on any atom is 0.248 e. The monoisotopic (exact) mass is 163 g/mol. The zero-order chi connectivity index (χ0) is 8.97. The highest BCUT2D eigenvalue weighted by Crippen LogP contribution is 1.98. The van der Waals surface area contributed by atoms with Crippen molar-refractivity contribution in [2.75, 3.05) is 6.61 Å². The lowest BCUT2D eigenvalue weighted by atomic mass is 10.2. The van der Waals surface area contributed by atoms with Crippen LogP contribution in [0.2, 0.25) is 0 Å². The van der Waals surface area contributed by atoms with E-state index in [1.165, 1.54) is 6.07 Å². The molecule has 0 radical (unpaired) electrons. The SMILES string of the molecule is Cc1cc(=O)[nH]cc1C#CCO. The fraction of sp³-hybridized carbons (Fsp3) is 0.222. The Hall–Kier alpha value is -1.53. The fourth-order valence-corrected chi connectivity index (χ4v) is 0.843. The van der Waals surface area contributed by atoms with E-state index in [1.807, 2.05) is 0 Å². The molecule has 0 atom stereocenters. The van der Waals surface area contributed by atoms with E-state index in [2.05, 4.69) is 16.8 Å². The summed E-state index contributed by atoms with van der Waals surface area (Å²) in [6.07, 6.45) is 1.54. The first-order chi connectivity index (χ1) is 5.74. The molecule has 12 heavy (non-hydrogen) atoms. The van der Waals surface area contributed by atoms with Crippen LogP contribution in [0, 0.1) is 18.8 Å². The molecule has 3 heteroatoms. The number of pyridine rings is 1. The predicted molar refractivity (Wildman–Crippen MR) is 45.8 cm³/mol. The molecule has 0 aliphatic rings. The maximum atomic E-state index is 10.8. The molecule has 0 fully saturated rings. The minimum absolute atomic E-state index is 0.137. The molecular formula is C9H9NO2. The average molecular weight is 163 g/mol. The summed E-state index contributed by atoms with van der Waals surface area (Å²) < 4.78 is 0. The van der Waals surface area contributed by atoms with Gasteiger partial charge in [-0.3, -0.25) is 4.79 Å². The quantitative estimate of drug-likeness (QED) is 0.530. The Bertz CT molecular complexity index is 381. The largest absolute Gasteiger partial charge is 0.384 e. The molecule has 0 saturated carbocycles. The second kappa shape index (κ2) is 3.74. The zero-order valence-electron chi connectivity index (χ0n) is 6.72. The summed E-state index contributed by atoms with van der Waals surface area (Å²) >= 11 is 0. The van der Waals surface area contributed by atoms with E-state index in [1.54, 1.807) is 13.1 Å². The Morgan fingerprint density at radius 2 is 2.42 bits per heavy atom. The zero-order valence-corrected chi connectivity index (χ0v) is 6.72. The molecule has 0 spiro atoms. The van der Waals surface area contributed by atoms with E-state index in [9.17, 15) is 4.79 Å². The van der Waals surface area contributed by atoms with Crippen LogP contribution < -0.4 is 5.56 Å². The number of hydrogen-bond donors (Lipinski definition) is 2. The molecule has 1 aromatic heterocycles. The third kappa shape index (κ3) is 1.97. The van der Waals surface area contributed by atoms with Gasteiger partial charge in [0.05, 0.1) is 0 Å². The van der Waals surface area contributed by atoms with E-state index in [-0.39, 0.29) is 12.2 Å². The molecule has 0 aliphatic heterocycles. The number of aliphatic hydroxyl groups is 1.